The van der Waals surface area contributed by atoms with E-state index in [1.807, 2.05) is 0 Å². The van der Waals surface area contributed by atoms with Crippen molar-refractivity contribution in [2.24, 2.45) is 5.73 Å². The molecule has 0 aliphatic heterocycles. The van der Waals surface area contributed by atoms with E-state index in [2.05, 4.69) is 0 Å². The summed E-state index contributed by atoms with van der Waals surface area (Å²) in [6.07, 6.45) is -5.96. The van der Waals surface area contributed by atoms with Crippen LogP contribution in [-0.2, 0) is 6.42 Å². The summed E-state index contributed by atoms with van der Waals surface area (Å²) >= 11 is 0. The van der Waals surface area contributed by atoms with Crippen molar-refractivity contribution in [3.05, 3.63) is 35.4 Å². The van der Waals surface area contributed by atoms with Gasteiger partial charge in [0, 0.05) is 6.04 Å². The number of nitrogens with two attached hydrogens (primary N) is 1. The lowest BCUT2D eigenvalue weighted by Gasteiger charge is -2.14. The van der Waals surface area contributed by atoms with E-state index in [0.717, 1.165) is 6.07 Å². The molecule has 16 heavy (non-hydrogen) atoms. The van der Waals surface area contributed by atoms with Gasteiger partial charge in [-0.1, -0.05) is 12.1 Å². The van der Waals surface area contributed by atoms with Gasteiger partial charge in [0.1, 0.15) is 0 Å². The molecule has 6 heteroatoms. The fraction of sp³-hybridized carbons (Fsp3) is 0.400. The summed E-state index contributed by atoms with van der Waals surface area (Å²) < 4.78 is 61.6. The molecule has 0 saturated carbocycles. The first-order valence-electron chi connectivity index (χ1n) is 4.55. The highest BCUT2D eigenvalue weighted by Crippen LogP contribution is 2.23. The molecule has 0 saturated heterocycles. The minimum atomic E-state index is -4.40. The van der Waals surface area contributed by atoms with Gasteiger partial charge in [0.2, 0.25) is 0 Å². The van der Waals surface area contributed by atoms with Crippen molar-refractivity contribution in [1.82, 2.24) is 0 Å². The van der Waals surface area contributed by atoms with Crippen LogP contribution in [0.1, 0.15) is 12.0 Å². The van der Waals surface area contributed by atoms with Crippen LogP contribution in [0.3, 0.4) is 0 Å². The van der Waals surface area contributed by atoms with E-state index in [9.17, 15) is 22.0 Å². The maximum Gasteiger partial charge on any atom is 0.390 e. The molecule has 0 bridgehead atoms. The number of hydrogen-bond acceptors (Lipinski definition) is 1. The van der Waals surface area contributed by atoms with Gasteiger partial charge in [-0.05, 0) is 18.1 Å². The van der Waals surface area contributed by atoms with E-state index in [1.54, 1.807) is 0 Å². The van der Waals surface area contributed by atoms with Crippen LogP contribution in [0.4, 0.5) is 22.0 Å². The molecule has 1 aromatic rings. The lowest BCUT2D eigenvalue weighted by atomic mass is 10.0. The van der Waals surface area contributed by atoms with Crippen LogP contribution in [0.15, 0.2) is 18.2 Å². The third-order valence-electron chi connectivity index (χ3n) is 2.01. The SMILES string of the molecule is NC(Cc1cccc(F)c1F)CC(F)(F)F. The zero-order chi connectivity index (χ0) is 12.3. The molecule has 1 atom stereocenters. The van der Waals surface area contributed by atoms with Crippen LogP contribution in [0.25, 0.3) is 0 Å². The van der Waals surface area contributed by atoms with Gasteiger partial charge in [0.15, 0.2) is 11.6 Å². The highest BCUT2D eigenvalue weighted by atomic mass is 19.4. The molecule has 1 rings (SSSR count). The minimum Gasteiger partial charge on any atom is -0.327 e. The topological polar surface area (TPSA) is 26.0 Å². The molecule has 0 radical (unpaired) electrons. The Labute approximate surface area is 89.1 Å². The normalized spacial score (nSPS) is 13.9. The van der Waals surface area contributed by atoms with Gasteiger partial charge in [-0.25, -0.2) is 8.78 Å². The second kappa shape index (κ2) is 4.78. The Kier molecular flexibility index (Phi) is 3.85. The first kappa shape index (κ1) is 12.9. The lowest BCUT2D eigenvalue weighted by Crippen LogP contribution is -2.30. The average Bonchev–Trinajstić information content (AvgIpc) is 2.09. The van der Waals surface area contributed by atoms with Crippen LogP contribution in [-0.4, -0.2) is 12.2 Å². The Morgan fingerprint density at radius 2 is 1.81 bits per heavy atom. The van der Waals surface area contributed by atoms with Gasteiger partial charge in [0.25, 0.3) is 0 Å². The molecular formula is C10H10F5N. The molecular weight excluding hydrogens is 229 g/mol. The van der Waals surface area contributed by atoms with E-state index < -0.39 is 30.3 Å². The molecule has 1 aromatic carbocycles. The summed E-state index contributed by atoms with van der Waals surface area (Å²) in [5.74, 6) is -2.23. The van der Waals surface area contributed by atoms with Crippen molar-refractivity contribution >= 4 is 0 Å². The Morgan fingerprint density at radius 1 is 1.19 bits per heavy atom. The van der Waals surface area contributed by atoms with E-state index in [1.165, 1.54) is 12.1 Å². The smallest absolute Gasteiger partial charge is 0.327 e. The van der Waals surface area contributed by atoms with Crippen molar-refractivity contribution in [3.8, 4) is 0 Å². The summed E-state index contributed by atoms with van der Waals surface area (Å²) in [6, 6.07) is 2.08. The molecule has 0 fully saturated rings. The largest absolute Gasteiger partial charge is 0.390 e. The summed E-state index contributed by atoms with van der Waals surface area (Å²) in [4.78, 5) is 0. The zero-order valence-corrected chi connectivity index (χ0v) is 8.19. The fourth-order valence-corrected chi connectivity index (χ4v) is 1.36. The molecule has 0 spiro atoms. The van der Waals surface area contributed by atoms with Gasteiger partial charge in [-0.2, -0.15) is 13.2 Å². The van der Waals surface area contributed by atoms with Crippen molar-refractivity contribution < 1.29 is 22.0 Å². The molecule has 2 N–H and O–H groups in total. The maximum atomic E-state index is 13.1. The van der Waals surface area contributed by atoms with Gasteiger partial charge < -0.3 is 5.73 Å². The number of rotatable bonds is 3. The van der Waals surface area contributed by atoms with E-state index in [0.29, 0.717) is 0 Å². The van der Waals surface area contributed by atoms with E-state index in [-0.39, 0.29) is 12.0 Å². The molecule has 1 nitrogen and oxygen atoms in total. The third kappa shape index (κ3) is 3.77. The second-order valence-electron chi connectivity index (χ2n) is 3.50. The molecule has 0 amide bonds. The number of alkyl halides is 3. The van der Waals surface area contributed by atoms with Gasteiger partial charge in [-0.3, -0.25) is 0 Å². The maximum absolute atomic E-state index is 13.1. The molecule has 1 unspecified atom stereocenters. The Morgan fingerprint density at radius 3 is 2.38 bits per heavy atom. The van der Waals surface area contributed by atoms with Crippen LogP contribution in [0.5, 0.6) is 0 Å². The summed E-state index contributed by atoms with van der Waals surface area (Å²) in [5, 5.41) is 0. The van der Waals surface area contributed by atoms with Gasteiger partial charge >= 0.3 is 6.18 Å². The van der Waals surface area contributed by atoms with Gasteiger partial charge in [-0.15, -0.1) is 0 Å². The van der Waals surface area contributed by atoms with Crippen molar-refractivity contribution in [3.63, 3.8) is 0 Å². The minimum absolute atomic E-state index is 0.142. The van der Waals surface area contributed by atoms with Crippen LogP contribution in [0.2, 0.25) is 0 Å². The quantitative estimate of drug-likeness (QED) is 0.806. The third-order valence-corrected chi connectivity index (χ3v) is 2.01. The zero-order valence-electron chi connectivity index (χ0n) is 8.19. The van der Waals surface area contributed by atoms with Crippen molar-refractivity contribution in [2.75, 3.05) is 0 Å². The Hall–Kier alpha value is -1.17. The monoisotopic (exact) mass is 239 g/mol. The standard InChI is InChI=1S/C10H10F5N/c11-8-3-1-2-6(9(8)12)4-7(16)5-10(13,14)15/h1-3,7H,4-5,16H2. The molecule has 0 aromatic heterocycles. The van der Waals surface area contributed by atoms with Crippen molar-refractivity contribution in [1.29, 1.82) is 0 Å². The molecule has 0 heterocycles. The van der Waals surface area contributed by atoms with Crippen LogP contribution >= 0.6 is 0 Å². The van der Waals surface area contributed by atoms with E-state index >= 15 is 0 Å². The summed E-state index contributed by atoms with van der Waals surface area (Å²) in [7, 11) is 0. The highest BCUT2D eigenvalue weighted by molar-refractivity contribution is 5.19. The summed E-state index contributed by atoms with van der Waals surface area (Å²) in [5.41, 5.74) is 5.06. The Balaban J connectivity index is 2.70. The highest BCUT2D eigenvalue weighted by Gasteiger charge is 2.30. The number of benzene rings is 1. The number of hydrogen-bond donors (Lipinski definition) is 1. The van der Waals surface area contributed by atoms with Crippen molar-refractivity contribution in [2.45, 2.75) is 25.1 Å². The first-order chi connectivity index (χ1) is 7.29. The predicted octanol–water partition coefficient (Wildman–Crippen LogP) is 2.79. The van der Waals surface area contributed by atoms with Crippen LogP contribution in [0, 0.1) is 11.6 Å². The second-order valence-corrected chi connectivity index (χ2v) is 3.50. The molecule has 0 aliphatic carbocycles. The molecule has 0 aliphatic rings. The average molecular weight is 239 g/mol. The summed E-state index contributed by atoms with van der Waals surface area (Å²) in [6.45, 7) is 0. The van der Waals surface area contributed by atoms with Crippen LogP contribution < -0.4 is 5.73 Å². The first-order valence-corrected chi connectivity index (χ1v) is 4.55. The molecule has 90 valence electrons. The predicted molar refractivity (Wildman–Crippen MR) is 48.7 cm³/mol. The lowest BCUT2D eigenvalue weighted by molar-refractivity contribution is -0.138. The van der Waals surface area contributed by atoms with E-state index in [4.69, 9.17) is 5.73 Å². The van der Waals surface area contributed by atoms with Gasteiger partial charge in [0.05, 0.1) is 6.42 Å². The fourth-order valence-electron chi connectivity index (χ4n) is 1.36. The Bertz CT molecular complexity index is 361. The number of halogens is 5.